The molecule has 0 aromatic carbocycles. The van der Waals surface area contributed by atoms with Crippen molar-refractivity contribution < 1.29 is 9.59 Å². The third-order valence-corrected chi connectivity index (χ3v) is 4.94. The smallest absolute Gasteiger partial charge is 0.256 e. The van der Waals surface area contributed by atoms with E-state index in [0.29, 0.717) is 6.54 Å². The summed E-state index contributed by atoms with van der Waals surface area (Å²) in [6.07, 6.45) is 12.3. The largest absolute Gasteiger partial charge is 0.330 e. The maximum absolute atomic E-state index is 12.8. The third-order valence-electron chi connectivity index (χ3n) is 4.94. The molecule has 1 atom stereocenters. The zero-order valence-electron chi connectivity index (χ0n) is 13.0. The van der Waals surface area contributed by atoms with Crippen LogP contribution in [0.3, 0.4) is 0 Å². The van der Waals surface area contributed by atoms with Crippen LogP contribution in [0.1, 0.15) is 70.6 Å². The lowest BCUT2D eigenvalue weighted by Gasteiger charge is -2.28. The molecule has 1 saturated carbocycles. The highest BCUT2D eigenvalue weighted by molar-refractivity contribution is 5.88. The molecule has 1 heterocycles. The first-order valence-corrected chi connectivity index (χ1v) is 8.55. The lowest BCUT2D eigenvalue weighted by Crippen LogP contribution is -2.49. The fourth-order valence-electron chi connectivity index (χ4n) is 3.69. The third kappa shape index (κ3) is 4.43. The van der Waals surface area contributed by atoms with Crippen molar-refractivity contribution in [2.24, 2.45) is 11.8 Å². The average molecular weight is 295 g/mol. The Kier molecular flexibility index (Phi) is 6.49. The second-order valence-corrected chi connectivity index (χ2v) is 6.45. The van der Waals surface area contributed by atoms with E-state index in [9.17, 15) is 9.59 Å². The molecule has 2 amide bonds. The number of amides is 2. The van der Waals surface area contributed by atoms with Crippen molar-refractivity contribution in [1.29, 1.82) is 0 Å². The molecule has 0 bridgehead atoms. The summed E-state index contributed by atoms with van der Waals surface area (Å²) >= 11 is 0. The topological polar surface area (TPSA) is 75.4 Å². The Bertz CT molecular complexity index is 349. The van der Waals surface area contributed by atoms with Gasteiger partial charge in [-0.1, -0.05) is 44.9 Å². The zero-order chi connectivity index (χ0) is 15.1. The minimum atomic E-state index is -0.349. The molecular formula is C16H29N3O2. The molecule has 0 aromatic heterocycles. The number of nitrogens with one attached hydrogen (secondary N) is 1. The van der Waals surface area contributed by atoms with Crippen LogP contribution in [0.15, 0.2) is 0 Å². The van der Waals surface area contributed by atoms with Crippen LogP contribution < -0.4 is 11.3 Å². The van der Waals surface area contributed by atoms with Crippen molar-refractivity contribution in [3.05, 3.63) is 0 Å². The fourth-order valence-corrected chi connectivity index (χ4v) is 3.69. The fraction of sp³-hybridized carbons (Fsp3) is 0.875. The standard InChI is InChI=1S/C16H29N3O2/c17-18-15(20)14-11-8-12-19(14)16(21)13-9-6-4-2-1-3-5-7-10-13/h13-14H,1-12,17H2,(H,18,20)/t14-/m0/s1. The Balaban J connectivity index is 1.96. The van der Waals surface area contributed by atoms with Gasteiger partial charge in [0.05, 0.1) is 0 Å². The van der Waals surface area contributed by atoms with Gasteiger partial charge in [-0.3, -0.25) is 15.0 Å². The van der Waals surface area contributed by atoms with Gasteiger partial charge in [0, 0.05) is 12.5 Å². The quantitative estimate of drug-likeness (QED) is 0.465. The van der Waals surface area contributed by atoms with Gasteiger partial charge < -0.3 is 4.90 Å². The second kappa shape index (κ2) is 8.37. The van der Waals surface area contributed by atoms with E-state index in [2.05, 4.69) is 5.43 Å². The lowest BCUT2D eigenvalue weighted by atomic mass is 9.91. The van der Waals surface area contributed by atoms with E-state index >= 15 is 0 Å². The van der Waals surface area contributed by atoms with Crippen LogP contribution in [0.4, 0.5) is 0 Å². The van der Waals surface area contributed by atoms with Gasteiger partial charge in [0.2, 0.25) is 5.91 Å². The minimum absolute atomic E-state index is 0.106. The molecule has 2 aliphatic rings. The molecule has 120 valence electrons. The molecule has 2 fully saturated rings. The molecule has 5 nitrogen and oxygen atoms in total. The first kappa shape index (κ1) is 16.3. The van der Waals surface area contributed by atoms with Crippen molar-refractivity contribution in [1.82, 2.24) is 10.3 Å². The van der Waals surface area contributed by atoms with Crippen molar-refractivity contribution in [3.8, 4) is 0 Å². The van der Waals surface area contributed by atoms with E-state index in [-0.39, 0.29) is 23.8 Å². The Labute approximate surface area is 127 Å². The highest BCUT2D eigenvalue weighted by Gasteiger charge is 2.36. The van der Waals surface area contributed by atoms with Crippen LogP contribution in [-0.4, -0.2) is 29.3 Å². The molecule has 1 saturated heterocycles. The van der Waals surface area contributed by atoms with Gasteiger partial charge in [-0.15, -0.1) is 0 Å². The molecule has 21 heavy (non-hydrogen) atoms. The Hall–Kier alpha value is -1.10. The van der Waals surface area contributed by atoms with Crippen molar-refractivity contribution >= 4 is 11.8 Å². The summed E-state index contributed by atoms with van der Waals surface area (Å²) in [7, 11) is 0. The van der Waals surface area contributed by atoms with Crippen LogP contribution in [-0.2, 0) is 9.59 Å². The number of hydrogen-bond acceptors (Lipinski definition) is 3. The summed E-state index contributed by atoms with van der Waals surface area (Å²) in [6, 6.07) is -0.349. The maximum Gasteiger partial charge on any atom is 0.256 e. The van der Waals surface area contributed by atoms with Gasteiger partial charge in [0.15, 0.2) is 0 Å². The summed E-state index contributed by atoms with van der Waals surface area (Å²) in [6.45, 7) is 0.702. The highest BCUT2D eigenvalue weighted by Crippen LogP contribution is 2.27. The van der Waals surface area contributed by atoms with Gasteiger partial charge in [0.25, 0.3) is 5.91 Å². The zero-order valence-corrected chi connectivity index (χ0v) is 13.0. The predicted octanol–water partition coefficient (Wildman–Crippen LogP) is 2.11. The molecule has 1 aliphatic carbocycles. The number of carbonyl (C=O) groups is 2. The summed E-state index contributed by atoms with van der Waals surface area (Å²) < 4.78 is 0. The first-order chi connectivity index (χ1) is 10.2. The second-order valence-electron chi connectivity index (χ2n) is 6.45. The maximum atomic E-state index is 12.8. The molecule has 5 heteroatoms. The number of hydrogen-bond donors (Lipinski definition) is 2. The van der Waals surface area contributed by atoms with Crippen LogP contribution >= 0.6 is 0 Å². The van der Waals surface area contributed by atoms with Crippen molar-refractivity contribution in [2.45, 2.75) is 76.7 Å². The summed E-state index contributed by atoms with van der Waals surface area (Å²) in [5, 5.41) is 0. The van der Waals surface area contributed by atoms with E-state index in [0.717, 1.165) is 38.5 Å². The molecule has 0 radical (unpaired) electrons. The molecule has 1 aliphatic heterocycles. The van der Waals surface area contributed by atoms with E-state index in [1.54, 1.807) is 4.90 Å². The average Bonchev–Trinajstić information content (AvgIpc) is 3.00. The number of likely N-dealkylation sites (tertiary alicyclic amines) is 1. The van der Waals surface area contributed by atoms with Gasteiger partial charge in [-0.25, -0.2) is 5.84 Å². The van der Waals surface area contributed by atoms with Gasteiger partial charge >= 0.3 is 0 Å². The normalized spacial score (nSPS) is 25.6. The van der Waals surface area contributed by atoms with Crippen molar-refractivity contribution in [2.75, 3.05) is 6.54 Å². The molecular weight excluding hydrogens is 266 g/mol. The molecule has 2 rings (SSSR count). The Morgan fingerprint density at radius 2 is 1.43 bits per heavy atom. The Morgan fingerprint density at radius 3 is 2.00 bits per heavy atom. The van der Waals surface area contributed by atoms with Crippen molar-refractivity contribution in [3.63, 3.8) is 0 Å². The van der Waals surface area contributed by atoms with Gasteiger partial charge in [-0.2, -0.15) is 0 Å². The minimum Gasteiger partial charge on any atom is -0.330 e. The van der Waals surface area contributed by atoms with E-state index in [1.807, 2.05) is 0 Å². The summed E-state index contributed by atoms with van der Waals surface area (Å²) in [4.78, 5) is 26.4. The van der Waals surface area contributed by atoms with Crippen LogP contribution in [0.5, 0.6) is 0 Å². The highest BCUT2D eigenvalue weighted by atomic mass is 16.2. The number of nitrogens with zero attached hydrogens (tertiary/aromatic N) is 1. The monoisotopic (exact) mass is 295 g/mol. The van der Waals surface area contributed by atoms with Crippen LogP contribution in [0, 0.1) is 5.92 Å². The molecule has 0 spiro atoms. The number of carbonyl (C=O) groups excluding carboxylic acids is 2. The van der Waals surface area contributed by atoms with Crippen LogP contribution in [0.2, 0.25) is 0 Å². The summed E-state index contributed by atoms with van der Waals surface area (Å²) in [5.41, 5.74) is 2.20. The number of nitrogens with two attached hydrogens (primary N) is 1. The molecule has 3 N–H and O–H groups in total. The SMILES string of the molecule is NNC(=O)[C@@H]1CCCN1C(=O)C1CCCCCCCCC1. The predicted molar refractivity (Wildman–Crippen MR) is 82.1 cm³/mol. The van der Waals surface area contributed by atoms with Crippen LogP contribution in [0.25, 0.3) is 0 Å². The van der Waals surface area contributed by atoms with E-state index in [1.165, 1.54) is 32.1 Å². The van der Waals surface area contributed by atoms with Gasteiger partial charge in [-0.05, 0) is 25.7 Å². The molecule has 0 unspecified atom stereocenters. The van der Waals surface area contributed by atoms with Gasteiger partial charge in [0.1, 0.15) is 6.04 Å². The lowest BCUT2D eigenvalue weighted by molar-refractivity contribution is -0.142. The summed E-state index contributed by atoms with van der Waals surface area (Å²) in [5.74, 6) is 5.31. The first-order valence-electron chi connectivity index (χ1n) is 8.55. The number of hydrazine groups is 1. The number of rotatable bonds is 2. The Morgan fingerprint density at radius 1 is 0.857 bits per heavy atom. The van der Waals surface area contributed by atoms with E-state index < -0.39 is 0 Å². The molecule has 0 aromatic rings. The van der Waals surface area contributed by atoms with E-state index in [4.69, 9.17) is 5.84 Å².